The third-order valence-corrected chi connectivity index (χ3v) is 4.59. The third-order valence-electron chi connectivity index (χ3n) is 4.37. The zero-order valence-electron chi connectivity index (χ0n) is 15.1. The van der Waals surface area contributed by atoms with E-state index in [1.807, 2.05) is 35.1 Å². The van der Waals surface area contributed by atoms with Crippen molar-refractivity contribution >= 4 is 11.6 Å². The number of aromatic nitrogens is 4. The molecule has 0 fully saturated rings. The molecule has 140 valence electrons. The Hall–Kier alpha value is -3.38. The van der Waals surface area contributed by atoms with E-state index < -0.39 is 0 Å². The second-order valence-electron chi connectivity index (χ2n) is 6.24. The first kappa shape index (κ1) is 18.0. The Morgan fingerprint density at radius 1 is 0.964 bits per heavy atom. The molecular formula is C21H17ClN4O2. The SMILES string of the molecule is COc1ccc(Cn2cc(-c3ccc(=O)n(-c4ccc(Cl)nc4)c3)cn2)cc1. The van der Waals surface area contributed by atoms with E-state index in [0.29, 0.717) is 17.4 Å². The lowest BCUT2D eigenvalue weighted by molar-refractivity contribution is 0.414. The molecule has 0 N–H and O–H groups in total. The number of ether oxygens (including phenoxy) is 1. The summed E-state index contributed by atoms with van der Waals surface area (Å²) in [7, 11) is 1.65. The average molecular weight is 393 g/mol. The average Bonchev–Trinajstić information content (AvgIpc) is 3.18. The van der Waals surface area contributed by atoms with E-state index in [9.17, 15) is 4.79 Å². The molecule has 0 aliphatic carbocycles. The van der Waals surface area contributed by atoms with Crippen molar-refractivity contribution in [3.63, 3.8) is 0 Å². The highest BCUT2D eigenvalue weighted by molar-refractivity contribution is 6.29. The summed E-state index contributed by atoms with van der Waals surface area (Å²) in [5, 5.41) is 4.82. The van der Waals surface area contributed by atoms with Crippen LogP contribution >= 0.6 is 11.6 Å². The van der Waals surface area contributed by atoms with E-state index >= 15 is 0 Å². The second kappa shape index (κ2) is 7.70. The van der Waals surface area contributed by atoms with Crippen molar-refractivity contribution in [1.82, 2.24) is 19.3 Å². The smallest absolute Gasteiger partial charge is 0.255 e. The van der Waals surface area contributed by atoms with Crippen molar-refractivity contribution in [2.24, 2.45) is 0 Å². The molecule has 7 heteroatoms. The maximum absolute atomic E-state index is 12.3. The number of benzene rings is 1. The van der Waals surface area contributed by atoms with Crippen molar-refractivity contribution in [3.05, 3.63) is 94.4 Å². The zero-order valence-corrected chi connectivity index (χ0v) is 15.9. The van der Waals surface area contributed by atoms with E-state index in [0.717, 1.165) is 22.4 Å². The molecule has 0 spiro atoms. The summed E-state index contributed by atoms with van der Waals surface area (Å²) in [6, 6.07) is 14.6. The maximum atomic E-state index is 12.3. The fraction of sp³-hybridized carbons (Fsp3) is 0.0952. The molecule has 4 aromatic rings. The van der Waals surface area contributed by atoms with Gasteiger partial charge in [0.2, 0.25) is 0 Å². The number of rotatable bonds is 5. The molecule has 0 aliphatic heterocycles. The van der Waals surface area contributed by atoms with Crippen LogP contribution in [0.15, 0.2) is 78.1 Å². The number of hydrogen-bond acceptors (Lipinski definition) is 4. The highest BCUT2D eigenvalue weighted by Crippen LogP contribution is 2.19. The molecule has 6 nitrogen and oxygen atoms in total. The lowest BCUT2D eigenvalue weighted by atomic mass is 10.1. The molecule has 0 saturated heterocycles. The minimum absolute atomic E-state index is 0.140. The summed E-state index contributed by atoms with van der Waals surface area (Å²) in [4.78, 5) is 16.3. The van der Waals surface area contributed by atoms with Crippen molar-refractivity contribution in [3.8, 4) is 22.6 Å². The lowest BCUT2D eigenvalue weighted by Crippen LogP contribution is -2.16. The van der Waals surface area contributed by atoms with Crippen LogP contribution in [0.4, 0.5) is 0 Å². The van der Waals surface area contributed by atoms with Gasteiger partial charge in [-0.25, -0.2) is 4.98 Å². The van der Waals surface area contributed by atoms with Crippen LogP contribution in [0.1, 0.15) is 5.56 Å². The Kier molecular flexibility index (Phi) is 4.95. The molecule has 0 radical (unpaired) electrons. The molecule has 0 unspecified atom stereocenters. The molecule has 0 amide bonds. The van der Waals surface area contributed by atoms with Crippen LogP contribution in [-0.2, 0) is 6.54 Å². The monoisotopic (exact) mass is 392 g/mol. The molecular weight excluding hydrogens is 376 g/mol. The van der Waals surface area contributed by atoms with Gasteiger partial charge in [0.1, 0.15) is 10.9 Å². The molecule has 3 heterocycles. The standard InChI is InChI=1S/C21H17ClN4O2/c1-28-19-6-2-15(3-7-19)12-25-13-17(10-24-25)16-4-9-21(27)26(14-16)18-5-8-20(22)23-11-18/h2-11,13-14H,12H2,1H3. The number of pyridine rings is 2. The quantitative estimate of drug-likeness (QED) is 0.484. The van der Waals surface area contributed by atoms with Crippen LogP contribution in [0.25, 0.3) is 16.8 Å². The lowest BCUT2D eigenvalue weighted by Gasteiger charge is -2.07. The fourth-order valence-corrected chi connectivity index (χ4v) is 3.00. The van der Waals surface area contributed by atoms with Crippen molar-refractivity contribution < 1.29 is 4.74 Å². The summed E-state index contributed by atoms with van der Waals surface area (Å²) < 4.78 is 8.58. The van der Waals surface area contributed by atoms with Gasteiger partial charge in [0.15, 0.2) is 0 Å². The van der Waals surface area contributed by atoms with Crippen molar-refractivity contribution in [2.45, 2.75) is 6.54 Å². The van der Waals surface area contributed by atoms with Gasteiger partial charge in [0.25, 0.3) is 5.56 Å². The Balaban J connectivity index is 1.60. The van der Waals surface area contributed by atoms with Gasteiger partial charge in [-0.15, -0.1) is 0 Å². The first-order chi connectivity index (χ1) is 13.6. The first-order valence-corrected chi connectivity index (χ1v) is 9.00. The van der Waals surface area contributed by atoms with Crippen LogP contribution in [0, 0.1) is 0 Å². The summed E-state index contributed by atoms with van der Waals surface area (Å²) >= 11 is 5.84. The molecule has 3 aromatic heterocycles. The minimum Gasteiger partial charge on any atom is -0.497 e. The maximum Gasteiger partial charge on any atom is 0.255 e. The van der Waals surface area contributed by atoms with Gasteiger partial charge in [0.05, 0.1) is 31.7 Å². The number of methoxy groups -OCH3 is 1. The normalized spacial score (nSPS) is 10.8. The summed E-state index contributed by atoms with van der Waals surface area (Å²) in [5.41, 5.74) is 3.44. The van der Waals surface area contributed by atoms with Gasteiger partial charge in [0, 0.05) is 29.6 Å². The summed E-state index contributed by atoms with van der Waals surface area (Å²) in [5.74, 6) is 0.823. The predicted octanol–water partition coefficient (Wildman–Crippen LogP) is 3.81. The summed E-state index contributed by atoms with van der Waals surface area (Å²) in [6.07, 6.45) is 7.09. The van der Waals surface area contributed by atoms with Crippen LogP contribution in [0.5, 0.6) is 5.75 Å². The molecule has 0 aliphatic rings. The molecule has 4 rings (SSSR count). The third kappa shape index (κ3) is 3.82. The van der Waals surface area contributed by atoms with Gasteiger partial charge in [-0.2, -0.15) is 5.10 Å². The van der Waals surface area contributed by atoms with Gasteiger partial charge >= 0.3 is 0 Å². The van der Waals surface area contributed by atoms with Crippen LogP contribution in [-0.4, -0.2) is 26.4 Å². The molecule has 0 bridgehead atoms. The fourth-order valence-electron chi connectivity index (χ4n) is 2.89. The van der Waals surface area contributed by atoms with Crippen LogP contribution in [0.3, 0.4) is 0 Å². The van der Waals surface area contributed by atoms with Crippen LogP contribution < -0.4 is 10.3 Å². The number of nitrogens with zero attached hydrogens (tertiary/aromatic N) is 4. The van der Waals surface area contributed by atoms with Gasteiger partial charge in [-0.1, -0.05) is 23.7 Å². The Labute approximate surface area is 166 Å². The summed E-state index contributed by atoms with van der Waals surface area (Å²) in [6.45, 7) is 0.644. The Bertz CT molecular complexity index is 1150. The zero-order chi connectivity index (χ0) is 19.5. The van der Waals surface area contributed by atoms with Gasteiger partial charge in [-0.05, 0) is 35.9 Å². The van der Waals surface area contributed by atoms with E-state index in [-0.39, 0.29) is 5.56 Å². The minimum atomic E-state index is -0.140. The largest absolute Gasteiger partial charge is 0.497 e. The second-order valence-corrected chi connectivity index (χ2v) is 6.63. The Morgan fingerprint density at radius 3 is 2.50 bits per heavy atom. The predicted molar refractivity (Wildman–Crippen MR) is 108 cm³/mol. The first-order valence-electron chi connectivity index (χ1n) is 8.63. The van der Waals surface area contributed by atoms with Gasteiger partial charge in [-0.3, -0.25) is 14.0 Å². The molecule has 1 aromatic carbocycles. The topological polar surface area (TPSA) is 61.9 Å². The number of hydrogen-bond donors (Lipinski definition) is 0. The highest BCUT2D eigenvalue weighted by Gasteiger charge is 2.07. The molecule has 0 atom stereocenters. The van der Waals surface area contributed by atoms with E-state index in [4.69, 9.17) is 16.3 Å². The Morgan fingerprint density at radius 2 is 1.79 bits per heavy atom. The van der Waals surface area contributed by atoms with Crippen molar-refractivity contribution in [2.75, 3.05) is 7.11 Å². The molecule has 28 heavy (non-hydrogen) atoms. The van der Waals surface area contributed by atoms with E-state index in [1.54, 1.807) is 48.5 Å². The highest BCUT2D eigenvalue weighted by atomic mass is 35.5. The van der Waals surface area contributed by atoms with Crippen LogP contribution in [0.2, 0.25) is 5.15 Å². The van der Waals surface area contributed by atoms with E-state index in [1.165, 1.54) is 6.07 Å². The van der Waals surface area contributed by atoms with Gasteiger partial charge < -0.3 is 4.74 Å². The molecule has 0 saturated carbocycles. The van der Waals surface area contributed by atoms with Crippen molar-refractivity contribution in [1.29, 1.82) is 0 Å². The van der Waals surface area contributed by atoms with E-state index in [2.05, 4.69) is 10.1 Å². The number of halogens is 1.